The highest BCUT2D eigenvalue weighted by molar-refractivity contribution is 5.78. The molecule has 1 aromatic carbocycles. The van der Waals surface area contributed by atoms with Gasteiger partial charge in [0.15, 0.2) is 0 Å². The largest absolute Gasteiger partial charge is 0.425 e. The van der Waals surface area contributed by atoms with E-state index in [1.165, 1.54) is 48.8 Å². The summed E-state index contributed by atoms with van der Waals surface area (Å²) >= 11 is 0. The SMILES string of the molecule is Cc1cc(OC(=O)C(N)CCCCN)cc2c1[C@]1(C)CCC3C(C)(C)CCC[C@]3(C)[C@H]1C2. The van der Waals surface area contributed by atoms with Gasteiger partial charge in [-0.1, -0.05) is 40.5 Å². The van der Waals surface area contributed by atoms with Gasteiger partial charge >= 0.3 is 5.97 Å². The number of carbonyl (C=O) groups excluding carboxylic acids is 1. The van der Waals surface area contributed by atoms with Crippen LogP contribution in [-0.2, 0) is 16.6 Å². The second-order valence-electron chi connectivity index (χ2n) is 12.2. The molecule has 1 aromatic rings. The van der Waals surface area contributed by atoms with Gasteiger partial charge in [-0.05, 0) is 115 Å². The molecule has 4 N–H and O–H groups in total. The van der Waals surface area contributed by atoms with Gasteiger partial charge in [0.05, 0.1) is 0 Å². The van der Waals surface area contributed by atoms with Crippen LogP contribution in [0.3, 0.4) is 0 Å². The van der Waals surface area contributed by atoms with Gasteiger partial charge in [0, 0.05) is 0 Å². The van der Waals surface area contributed by atoms with E-state index in [2.05, 4.69) is 46.8 Å². The van der Waals surface area contributed by atoms with Crippen LogP contribution in [0.2, 0.25) is 0 Å². The summed E-state index contributed by atoms with van der Waals surface area (Å²) in [5.41, 5.74) is 16.8. The first-order valence-electron chi connectivity index (χ1n) is 12.8. The number of ether oxygens (including phenoxy) is 1. The van der Waals surface area contributed by atoms with Gasteiger partial charge in [-0.15, -0.1) is 0 Å². The van der Waals surface area contributed by atoms with Crippen LogP contribution in [0.1, 0.15) is 95.8 Å². The normalized spacial score (nSPS) is 33.7. The molecule has 0 aliphatic heterocycles. The minimum Gasteiger partial charge on any atom is -0.425 e. The van der Waals surface area contributed by atoms with Crippen molar-refractivity contribution in [3.63, 3.8) is 0 Å². The van der Waals surface area contributed by atoms with E-state index in [9.17, 15) is 4.79 Å². The highest BCUT2D eigenvalue weighted by Gasteiger charge is 2.61. The average molecular weight is 441 g/mol. The Morgan fingerprint density at radius 3 is 2.59 bits per heavy atom. The van der Waals surface area contributed by atoms with Gasteiger partial charge in [-0.25, -0.2) is 4.79 Å². The topological polar surface area (TPSA) is 78.3 Å². The van der Waals surface area contributed by atoms with E-state index in [-0.39, 0.29) is 11.4 Å². The number of nitrogens with two attached hydrogens (primary N) is 2. The van der Waals surface area contributed by atoms with Crippen molar-refractivity contribution in [2.24, 2.45) is 34.1 Å². The van der Waals surface area contributed by atoms with E-state index in [4.69, 9.17) is 16.2 Å². The number of hydrogen-bond acceptors (Lipinski definition) is 4. The van der Waals surface area contributed by atoms with E-state index in [0.717, 1.165) is 25.2 Å². The molecule has 178 valence electrons. The minimum atomic E-state index is -0.584. The van der Waals surface area contributed by atoms with Gasteiger partial charge in [0.25, 0.3) is 0 Å². The Hall–Kier alpha value is -1.39. The summed E-state index contributed by atoms with van der Waals surface area (Å²) < 4.78 is 5.77. The van der Waals surface area contributed by atoms with E-state index in [1.807, 2.05) is 0 Å². The standard InChI is InChI=1S/C28H44N2O2/c1-18-15-20(32-25(31)21(30)9-6-7-14-29)16-19-17-23-27(4)12-8-11-26(2,3)22(27)10-13-28(23,5)24(18)19/h15-16,21-23H,6-14,17,29-30H2,1-5H3/t21?,22?,23-,27+,28-/m1/s1. The molecule has 3 aliphatic rings. The van der Waals surface area contributed by atoms with Gasteiger partial charge in [0.1, 0.15) is 11.8 Å². The van der Waals surface area contributed by atoms with Crippen LogP contribution in [0.15, 0.2) is 12.1 Å². The zero-order valence-corrected chi connectivity index (χ0v) is 20.9. The number of hydrogen-bond donors (Lipinski definition) is 2. The summed E-state index contributed by atoms with van der Waals surface area (Å²) in [5.74, 6) is 1.78. The van der Waals surface area contributed by atoms with Gasteiger partial charge in [0.2, 0.25) is 0 Å². The van der Waals surface area contributed by atoms with Crippen molar-refractivity contribution >= 4 is 5.97 Å². The fourth-order valence-electron chi connectivity index (χ4n) is 8.31. The molecule has 2 saturated carbocycles. The van der Waals surface area contributed by atoms with E-state index in [0.29, 0.717) is 35.5 Å². The zero-order chi connectivity index (χ0) is 23.3. The smallest absolute Gasteiger partial charge is 0.328 e. The predicted molar refractivity (Wildman–Crippen MR) is 131 cm³/mol. The number of carbonyl (C=O) groups is 1. The lowest BCUT2D eigenvalue weighted by molar-refractivity contribution is -0.136. The van der Waals surface area contributed by atoms with Crippen molar-refractivity contribution in [3.05, 3.63) is 28.8 Å². The molecule has 2 unspecified atom stereocenters. The fraction of sp³-hybridized carbons (Fsp3) is 0.750. The van der Waals surface area contributed by atoms with Crippen LogP contribution in [0, 0.1) is 29.6 Å². The zero-order valence-electron chi connectivity index (χ0n) is 20.9. The molecule has 4 rings (SSSR count). The van der Waals surface area contributed by atoms with E-state index < -0.39 is 6.04 Å². The third kappa shape index (κ3) is 3.81. The van der Waals surface area contributed by atoms with Crippen LogP contribution in [0.25, 0.3) is 0 Å². The summed E-state index contributed by atoms with van der Waals surface area (Å²) in [6, 6.07) is 3.62. The van der Waals surface area contributed by atoms with Crippen molar-refractivity contribution in [3.8, 4) is 5.75 Å². The van der Waals surface area contributed by atoms with E-state index >= 15 is 0 Å². The Morgan fingerprint density at radius 2 is 1.88 bits per heavy atom. The number of aryl methyl sites for hydroxylation is 1. The van der Waals surface area contributed by atoms with E-state index in [1.54, 1.807) is 0 Å². The monoisotopic (exact) mass is 440 g/mol. The first-order valence-corrected chi connectivity index (χ1v) is 12.8. The Morgan fingerprint density at radius 1 is 1.12 bits per heavy atom. The Balaban J connectivity index is 1.58. The Bertz CT molecular complexity index is 878. The molecule has 4 heteroatoms. The molecular weight excluding hydrogens is 396 g/mol. The number of esters is 1. The van der Waals surface area contributed by atoms with Crippen molar-refractivity contribution in [1.82, 2.24) is 0 Å². The molecule has 0 amide bonds. The molecular formula is C28H44N2O2. The molecule has 0 spiro atoms. The number of benzene rings is 1. The summed E-state index contributed by atoms with van der Waals surface area (Å²) in [7, 11) is 0. The maximum Gasteiger partial charge on any atom is 0.328 e. The van der Waals surface area contributed by atoms with Crippen molar-refractivity contribution in [1.29, 1.82) is 0 Å². The third-order valence-corrected chi connectivity index (χ3v) is 9.67. The molecule has 3 aliphatic carbocycles. The predicted octanol–water partition coefficient (Wildman–Crippen LogP) is 5.41. The number of unbranched alkanes of at least 4 members (excludes halogenated alkanes) is 1. The highest BCUT2D eigenvalue weighted by Crippen LogP contribution is 2.67. The lowest BCUT2D eigenvalue weighted by Crippen LogP contribution is -2.55. The first kappa shape index (κ1) is 23.8. The van der Waals surface area contributed by atoms with Crippen LogP contribution < -0.4 is 16.2 Å². The maximum absolute atomic E-state index is 12.6. The van der Waals surface area contributed by atoms with Crippen LogP contribution in [0.5, 0.6) is 5.75 Å². The number of rotatable bonds is 6. The highest BCUT2D eigenvalue weighted by atomic mass is 16.5. The number of fused-ring (bicyclic) bond motifs is 5. The van der Waals surface area contributed by atoms with Gasteiger partial charge in [-0.3, -0.25) is 0 Å². The van der Waals surface area contributed by atoms with Gasteiger partial charge in [-0.2, -0.15) is 0 Å². The second kappa shape index (κ2) is 8.43. The molecule has 5 atom stereocenters. The Kier molecular flexibility index (Phi) is 6.26. The molecule has 0 bridgehead atoms. The molecule has 2 fully saturated rings. The maximum atomic E-state index is 12.6. The van der Waals surface area contributed by atoms with Crippen molar-refractivity contribution < 1.29 is 9.53 Å². The second-order valence-corrected chi connectivity index (χ2v) is 12.2. The fourth-order valence-corrected chi connectivity index (χ4v) is 8.31. The summed E-state index contributed by atoms with van der Waals surface area (Å²) in [6.45, 7) is 12.9. The molecule has 0 heterocycles. The molecule has 0 radical (unpaired) electrons. The van der Waals surface area contributed by atoms with Crippen LogP contribution in [-0.4, -0.2) is 18.6 Å². The third-order valence-electron chi connectivity index (χ3n) is 9.67. The lowest BCUT2D eigenvalue weighted by atomic mass is 9.43. The Labute approximate surface area is 194 Å². The van der Waals surface area contributed by atoms with Crippen molar-refractivity contribution in [2.45, 2.75) is 104 Å². The minimum absolute atomic E-state index is 0.221. The summed E-state index contributed by atoms with van der Waals surface area (Å²) in [5, 5.41) is 0. The lowest BCUT2D eigenvalue weighted by Gasteiger charge is -2.61. The van der Waals surface area contributed by atoms with Crippen LogP contribution >= 0.6 is 0 Å². The molecule has 0 aromatic heterocycles. The quantitative estimate of drug-likeness (QED) is 0.352. The summed E-state index contributed by atoms with van der Waals surface area (Å²) in [6.07, 6.45) is 10.1. The van der Waals surface area contributed by atoms with Gasteiger partial charge < -0.3 is 16.2 Å². The first-order chi connectivity index (χ1) is 15.0. The average Bonchev–Trinajstić information content (AvgIpc) is 3.01. The van der Waals surface area contributed by atoms with Crippen LogP contribution in [0.4, 0.5) is 0 Å². The molecule has 4 nitrogen and oxygen atoms in total. The molecule has 0 saturated heterocycles. The molecule has 32 heavy (non-hydrogen) atoms. The summed E-state index contributed by atoms with van der Waals surface area (Å²) in [4.78, 5) is 12.6. The van der Waals surface area contributed by atoms with Crippen molar-refractivity contribution in [2.75, 3.05) is 6.54 Å².